The lowest BCUT2D eigenvalue weighted by atomic mass is 10.2. The number of imidazole rings is 1. The first-order valence-corrected chi connectivity index (χ1v) is 7.68. The maximum absolute atomic E-state index is 5.90. The molecule has 4 aromatic rings. The summed E-state index contributed by atoms with van der Waals surface area (Å²) in [5.74, 6) is 1.31. The maximum atomic E-state index is 5.90. The summed E-state index contributed by atoms with van der Waals surface area (Å²) in [7, 11) is 1.95. The Morgan fingerprint density at radius 3 is 2.74 bits per heavy atom. The van der Waals surface area contributed by atoms with Gasteiger partial charge in [-0.2, -0.15) is 4.98 Å². The van der Waals surface area contributed by atoms with Gasteiger partial charge in [-0.1, -0.05) is 25.1 Å². The Bertz CT molecular complexity index is 971. The van der Waals surface area contributed by atoms with E-state index < -0.39 is 0 Å². The van der Waals surface area contributed by atoms with Crippen LogP contribution in [-0.4, -0.2) is 26.1 Å². The molecule has 0 atom stereocenters. The molecule has 116 valence electrons. The fraction of sp³-hybridized carbons (Fsp3) is 0.235. The Morgan fingerprint density at radius 2 is 1.96 bits per heavy atom. The summed E-state index contributed by atoms with van der Waals surface area (Å²) in [4.78, 5) is 13.7. The molecule has 1 N–H and O–H groups in total. The number of hydrogen-bond acceptors (Lipinski definition) is 5. The van der Waals surface area contributed by atoms with Crippen LogP contribution in [0.15, 0.2) is 41.1 Å². The van der Waals surface area contributed by atoms with Gasteiger partial charge in [0, 0.05) is 19.2 Å². The van der Waals surface area contributed by atoms with Crippen molar-refractivity contribution in [3.63, 3.8) is 0 Å². The zero-order valence-corrected chi connectivity index (χ0v) is 13.1. The van der Waals surface area contributed by atoms with Crippen LogP contribution < -0.4 is 5.32 Å². The fourth-order valence-electron chi connectivity index (χ4n) is 2.65. The number of rotatable bonds is 4. The van der Waals surface area contributed by atoms with Crippen LogP contribution in [0.3, 0.4) is 0 Å². The molecule has 0 radical (unpaired) electrons. The first-order chi connectivity index (χ1) is 11.3. The van der Waals surface area contributed by atoms with Crippen molar-refractivity contribution in [2.24, 2.45) is 7.05 Å². The second kappa shape index (κ2) is 5.39. The molecule has 0 aliphatic rings. The summed E-state index contributed by atoms with van der Waals surface area (Å²) >= 11 is 0. The number of oxazole rings is 1. The first kappa shape index (κ1) is 13.8. The summed E-state index contributed by atoms with van der Waals surface area (Å²) in [6.45, 7) is 2.95. The second-order valence-corrected chi connectivity index (χ2v) is 5.48. The van der Waals surface area contributed by atoms with E-state index in [9.17, 15) is 0 Å². The molecular weight excluding hydrogens is 290 g/mol. The summed E-state index contributed by atoms with van der Waals surface area (Å²) in [6, 6.07) is 9.84. The summed E-state index contributed by atoms with van der Waals surface area (Å²) in [5, 5.41) is 3.32. The Kier molecular flexibility index (Phi) is 3.22. The maximum Gasteiger partial charge on any atom is 0.251 e. The number of benzene rings is 1. The molecule has 0 aliphatic carbocycles. The number of nitrogens with one attached hydrogen (secondary N) is 1. The van der Waals surface area contributed by atoms with Crippen LogP contribution in [0.5, 0.6) is 0 Å². The highest BCUT2D eigenvalue weighted by molar-refractivity contribution is 6.03. The van der Waals surface area contributed by atoms with Gasteiger partial charge in [0.2, 0.25) is 5.89 Å². The molecule has 1 aromatic carbocycles. The van der Waals surface area contributed by atoms with Crippen molar-refractivity contribution in [1.29, 1.82) is 0 Å². The molecule has 0 bridgehead atoms. The second-order valence-electron chi connectivity index (χ2n) is 5.48. The number of hydrogen-bond donors (Lipinski definition) is 1. The van der Waals surface area contributed by atoms with Crippen LogP contribution in [0, 0.1) is 0 Å². The minimum Gasteiger partial charge on any atom is -0.418 e. The Balaban J connectivity index is 1.96. The highest BCUT2D eigenvalue weighted by Gasteiger charge is 2.18. The number of nitrogens with zero attached hydrogens (tertiary/aromatic N) is 4. The standard InChI is InChI=1S/C17H17N5O/c1-3-9-18-15-12-14(22(2)10-19-12)13-17(21-15)23-16(20-13)11-7-5-4-6-8-11/h4-8,10H,3,9H2,1-2H3,(H,18,21). The van der Waals surface area contributed by atoms with Gasteiger partial charge in [-0.05, 0) is 18.6 Å². The molecule has 0 saturated carbocycles. The zero-order valence-electron chi connectivity index (χ0n) is 13.1. The van der Waals surface area contributed by atoms with E-state index in [1.54, 1.807) is 6.33 Å². The van der Waals surface area contributed by atoms with Gasteiger partial charge in [-0.25, -0.2) is 9.97 Å². The van der Waals surface area contributed by atoms with E-state index in [-0.39, 0.29) is 0 Å². The van der Waals surface area contributed by atoms with Gasteiger partial charge in [0.1, 0.15) is 11.0 Å². The lowest BCUT2D eigenvalue weighted by Crippen LogP contribution is -2.03. The molecule has 4 rings (SSSR count). The van der Waals surface area contributed by atoms with Crippen LogP contribution in [0.2, 0.25) is 0 Å². The first-order valence-electron chi connectivity index (χ1n) is 7.68. The van der Waals surface area contributed by atoms with Crippen molar-refractivity contribution in [2.75, 3.05) is 11.9 Å². The van der Waals surface area contributed by atoms with Crippen LogP contribution in [-0.2, 0) is 7.05 Å². The smallest absolute Gasteiger partial charge is 0.251 e. The van der Waals surface area contributed by atoms with Gasteiger partial charge in [0.15, 0.2) is 11.3 Å². The van der Waals surface area contributed by atoms with Crippen LogP contribution >= 0.6 is 0 Å². The van der Waals surface area contributed by atoms with Crippen LogP contribution in [0.25, 0.3) is 33.7 Å². The fourth-order valence-corrected chi connectivity index (χ4v) is 2.65. The molecule has 6 heteroatoms. The Morgan fingerprint density at radius 1 is 1.13 bits per heavy atom. The SMILES string of the molecule is CCCNc1nc2oc(-c3ccccc3)nc2c2c1ncn2C. The van der Waals surface area contributed by atoms with Gasteiger partial charge in [0.25, 0.3) is 5.71 Å². The average Bonchev–Trinajstić information content (AvgIpc) is 3.17. The molecule has 0 spiro atoms. The van der Waals surface area contributed by atoms with Gasteiger partial charge >= 0.3 is 0 Å². The molecule has 0 saturated heterocycles. The molecule has 23 heavy (non-hydrogen) atoms. The minimum atomic E-state index is 0.526. The highest BCUT2D eigenvalue weighted by Crippen LogP contribution is 2.31. The van der Waals surface area contributed by atoms with Crippen molar-refractivity contribution < 1.29 is 4.42 Å². The third-order valence-corrected chi connectivity index (χ3v) is 3.77. The zero-order chi connectivity index (χ0) is 15.8. The third-order valence-electron chi connectivity index (χ3n) is 3.77. The van der Waals surface area contributed by atoms with E-state index in [4.69, 9.17) is 4.42 Å². The average molecular weight is 307 g/mol. The van der Waals surface area contributed by atoms with E-state index in [1.807, 2.05) is 41.9 Å². The van der Waals surface area contributed by atoms with Gasteiger partial charge in [-0.15, -0.1) is 0 Å². The third kappa shape index (κ3) is 2.23. The summed E-state index contributed by atoms with van der Waals surface area (Å²) in [5.41, 5.74) is 3.95. The van der Waals surface area contributed by atoms with Gasteiger partial charge < -0.3 is 14.3 Å². The minimum absolute atomic E-state index is 0.526. The van der Waals surface area contributed by atoms with Gasteiger partial charge in [-0.3, -0.25) is 0 Å². The van der Waals surface area contributed by atoms with Crippen molar-refractivity contribution >= 4 is 28.1 Å². The van der Waals surface area contributed by atoms with Crippen molar-refractivity contribution in [3.05, 3.63) is 36.7 Å². The van der Waals surface area contributed by atoms with Gasteiger partial charge in [0.05, 0.1) is 6.33 Å². The van der Waals surface area contributed by atoms with E-state index in [0.29, 0.717) is 11.6 Å². The Hall–Kier alpha value is -2.89. The van der Waals surface area contributed by atoms with Crippen molar-refractivity contribution in [2.45, 2.75) is 13.3 Å². The van der Waals surface area contributed by atoms with E-state index >= 15 is 0 Å². The number of aromatic nitrogens is 4. The normalized spacial score (nSPS) is 11.4. The quantitative estimate of drug-likeness (QED) is 0.624. The lowest BCUT2D eigenvalue weighted by Gasteiger charge is -2.04. The largest absolute Gasteiger partial charge is 0.418 e. The van der Waals surface area contributed by atoms with E-state index in [0.717, 1.165) is 40.9 Å². The van der Waals surface area contributed by atoms with E-state index in [2.05, 4.69) is 27.2 Å². The number of fused-ring (bicyclic) bond motifs is 3. The predicted molar refractivity (Wildman–Crippen MR) is 90.3 cm³/mol. The van der Waals surface area contributed by atoms with Crippen molar-refractivity contribution in [3.8, 4) is 11.5 Å². The Labute approximate surface area is 133 Å². The van der Waals surface area contributed by atoms with E-state index in [1.165, 1.54) is 0 Å². The molecule has 0 amide bonds. The molecule has 3 aromatic heterocycles. The topological polar surface area (TPSA) is 68.8 Å². The molecule has 0 aliphatic heterocycles. The number of aryl methyl sites for hydroxylation is 1. The van der Waals surface area contributed by atoms with Crippen LogP contribution in [0.1, 0.15) is 13.3 Å². The summed E-state index contributed by atoms with van der Waals surface area (Å²) < 4.78 is 7.86. The predicted octanol–water partition coefficient (Wildman–Crippen LogP) is 3.60. The number of pyridine rings is 1. The molecule has 0 unspecified atom stereocenters. The molecule has 6 nitrogen and oxygen atoms in total. The summed E-state index contributed by atoms with van der Waals surface area (Å²) in [6.07, 6.45) is 2.79. The highest BCUT2D eigenvalue weighted by atomic mass is 16.4. The van der Waals surface area contributed by atoms with Crippen molar-refractivity contribution in [1.82, 2.24) is 19.5 Å². The molecular formula is C17H17N5O. The lowest BCUT2D eigenvalue weighted by molar-refractivity contribution is 0.608. The molecule has 0 fully saturated rings. The number of anilines is 1. The molecule has 3 heterocycles. The van der Waals surface area contributed by atoms with Crippen LogP contribution in [0.4, 0.5) is 5.82 Å². The monoisotopic (exact) mass is 307 g/mol.